The fourth-order valence-electron chi connectivity index (χ4n) is 1.72. The average molecular weight is 219 g/mol. The van der Waals surface area contributed by atoms with Crippen LogP contribution in [0.3, 0.4) is 0 Å². The molecule has 2 rings (SSSR count). The summed E-state index contributed by atoms with van der Waals surface area (Å²) in [6, 6.07) is 8.16. The molecule has 1 aliphatic heterocycles. The Bertz CT molecular complexity index is 357. The van der Waals surface area contributed by atoms with Crippen molar-refractivity contribution in [1.82, 2.24) is 5.32 Å². The van der Waals surface area contributed by atoms with Gasteiger partial charge in [-0.15, -0.1) is 0 Å². The number of likely N-dealkylation sites (N-methyl/N-ethyl adjacent to an activating group) is 1. The number of ether oxygens (including phenoxy) is 2. The van der Waals surface area contributed by atoms with Crippen LogP contribution < -0.4 is 5.32 Å². The van der Waals surface area contributed by atoms with Crippen LogP contribution in [0.25, 0.3) is 6.08 Å². The van der Waals surface area contributed by atoms with Crippen LogP contribution in [0, 0.1) is 0 Å². The molecular formula is C13H17NO2. The van der Waals surface area contributed by atoms with Gasteiger partial charge in [0, 0.05) is 12.1 Å². The second-order valence-electron chi connectivity index (χ2n) is 3.66. The number of nitrogens with one attached hydrogen (secondary N) is 1. The fourth-order valence-corrected chi connectivity index (χ4v) is 1.72. The van der Waals surface area contributed by atoms with Gasteiger partial charge in [-0.2, -0.15) is 0 Å². The third-order valence-corrected chi connectivity index (χ3v) is 2.49. The largest absolute Gasteiger partial charge is 0.346 e. The molecule has 1 heterocycles. The van der Waals surface area contributed by atoms with Crippen molar-refractivity contribution in [3.8, 4) is 0 Å². The lowest BCUT2D eigenvalue weighted by Crippen LogP contribution is -2.04. The van der Waals surface area contributed by atoms with E-state index in [1.54, 1.807) is 0 Å². The summed E-state index contributed by atoms with van der Waals surface area (Å²) in [6.07, 6.45) is 3.99. The highest BCUT2D eigenvalue weighted by atomic mass is 16.7. The molecule has 0 amide bonds. The van der Waals surface area contributed by atoms with Gasteiger partial charge in [0.05, 0.1) is 13.2 Å². The van der Waals surface area contributed by atoms with Crippen LogP contribution in [0.4, 0.5) is 0 Å². The molecule has 3 heteroatoms. The van der Waals surface area contributed by atoms with Crippen molar-refractivity contribution in [3.05, 3.63) is 41.5 Å². The van der Waals surface area contributed by atoms with Gasteiger partial charge in [-0.3, -0.25) is 0 Å². The summed E-state index contributed by atoms with van der Waals surface area (Å²) in [4.78, 5) is 0. The molecular weight excluding hydrogens is 202 g/mol. The standard InChI is InChI=1S/C13H17NO2/c1-14-8-4-6-11-5-2-3-7-12(11)13-15-9-10-16-13/h2-7,13-14H,8-10H2,1H3. The van der Waals surface area contributed by atoms with E-state index < -0.39 is 0 Å². The second kappa shape index (κ2) is 5.80. The maximum absolute atomic E-state index is 5.51. The fraction of sp³-hybridized carbons (Fsp3) is 0.385. The van der Waals surface area contributed by atoms with Crippen molar-refractivity contribution < 1.29 is 9.47 Å². The Morgan fingerprint density at radius 2 is 2.06 bits per heavy atom. The lowest BCUT2D eigenvalue weighted by atomic mass is 10.1. The molecule has 0 aromatic heterocycles. The van der Waals surface area contributed by atoms with Crippen LogP contribution in [0.2, 0.25) is 0 Å². The molecule has 16 heavy (non-hydrogen) atoms. The van der Waals surface area contributed by atoms with E-state index in [0.29, 0.717) is 13.2 Å². The zero-order chi connectivity index (χ0) is 11.2. The van der Waals surface area contributed by atoms with Crippen molar-refractivity contribution in [2.75, 3.05) is 26.8 Å². The molecule has 1 N–H and O–H groups in total. The molecule has 0 atom stereocenters. The molecule has 0 aliphatic carbocycles. The van der Waals surface area contributed by atoms with E-state index >= 15 is 0 Å². The Labute approximate surface area is 96.1 Å². The summed E-state index contributed by atoms with van der Waals surface area (Å²) in [5.41, 5.74) is 2.26. The average Bonchev–Trinajstić information content (AvgIpc) is 2.83. The van der Waals surface area contributed by atoms with Crippen LogP contribution in [0.15, 0.2) is 30.3 Å². The van der Waals surface area contributed by atoms with E-state index in [1.807, 2.05) is 19.2 Å². The molecule has 86 valence electrons. The smallest absolute Gasteiger partial charge is 0.184 e. The van der Waals surface area contributed by atoms with Crippen molar-refractivity contribution in [1.29, 1.82) is 0 Å². The topological polar surface area (TPSA) is 30.5 Å². The third-order valence-electron chi connectivity index (χ3n) is 2.49. The van der Waals surface area contributed by atoms with Gasteiger partial charge in [-0.25, -0.2) is 0 Å². The lowest BCUT2D eigenvalue weighted by molar-refractivity contribution is -0.0442. The first-order valence-corrected chi connectivity index (χ1v) is 5.55. The monoisotopic (exact) mass is 219 g/mol. The van der Waals surface area contributed by atoms with Crippen LogP contribution in [0.1, 0.15) is 17.4 Å². The van der Waals surface area contributed by atoms with Crippen molar-refractivity contribution in [2.24, 2.45) is 0 Å². The first-order chi connectivity index (χ1) is 7.92. The molecule has 3 nitrogen and oxygen atoms in total. The number of hydrogen-bond acceptors (Lipinski definition) is 3. The molecule has 0 radical (unpaired) electrons. The summed E-state index contributed by atoms with van der Waals surface area (Å²) in [6.45, 7) is 2.22. The number of rotatable bonds is 4. The van der Waals surface area contributed by atoms with E-state index in [4.69, 9.17) is 9.47 Å². The SMILES string of the molecule is CNCC=Cc1ccccc1C1OCCO1. The molecule has 0 unspecified atom stereocenters. The molecule has 1 aromatic rings. The van der Waals surface area contributed by atoms with Gasteiger partial charge in [-0.1, -0.05) is 36.4 Å². The Morgan fingerprint density at radius 3 is 2.81 bits per heavy atom. The molecule has 0 bridgehead atoms. The first-order valence-electron chi connectivity index (χ1n) is 5.55. The van der Waals surface area contributed by atoms with Crippen molar-refractivity contribution in [3.63, 3.8) is 0 Å². The van der Waals surface area contributed by atoms with Gasteiger partial charge in [0.25, 0.3) is 0 Å². The van der Waals surface area contributed by atoms with Gasteiger partial charge in [0.15, 0.2) is 6.29 Å². The molecule has 1 aliphatic rings. The maximum Gasteiger partial charge on any atom is 0.184 e. The first kappa shape index (κ1) is 11.3. The van der Waals surface area contributed by atoms with Gasteiger partial charge in [-0.05, 0) is 12.6 Å². The normalized spacial score (nSPS) is 17.3. The summed E-state index contributed by atoms with van der Waals surface area (Å²) in [7, 11) is 1.93. The van der Waals surface area contributed by atoms with Crippen LogP contribution >= 0.6 is 0 Å². The lowest BCUT2D eigenvalue weighted by Gasteiger charge is -2.12. The highest BCUT2D eigenvalue weighted by Gasteiger charge is 2.19. The van der Waals surface area contributed by atoms with Gasteiger partial charge in [0.2, 0.25) is 0 Å². The Morgan fingerprint density at radius 1 is 1.31 bits per heavy atom. The summed E-state index contributed by atoms with van der Waals surface area (Å²) in [5, 5.41) is 3.08. The summed E-state index contributed by atoms with van der Waals surface area (Å²) >= 11 is 0. The van der Waals surface area contributed by atoms with Crippen LogP contribution in [-0.2, 0) is 9.47 Å². The zero-order valence-electron chi connectivity index (χ0n) is 9.48. The van der Waals surface area contributed by atoms with Gasteiger partial charge in [0.1, 0.15) is 0 Å². The molecule has 1 saturated heterocycles. The summed E-state index contributed by atoms with van der Waals surface area (Å²) < 4.78 is 11.0. The highest BCUT2D eigenvalue weighted by molar-refractivity contribution is 5.54. The third kappa shape index (κ3) is 2.70. The molecule has 1 fully saturated rings. The Balaban J connectivity index is 2.16. The van der Waals surface area contributed by atoms with Crippen LogP contribution in [-0.4, -0.2) is 26.8 Å². The van der Waals surface area contributed by atoms with Crippen molar-refractivity contribution >= 4 is 6.08 Å². The maximum atomic E-state index is 5.51. The number of benzene rings is 1. The molecule has 1 aromatic carbocycles. The minimum Gasteiger partial charge on any atom is -0.346 e. The van der Waals surface area contributed by atoms with E-state index in [9.17, 15) is 0 Å². The predicted molar refractivity (Wildman–Crippen MR) is 64.0 cm³/mol. The Kier molecular flexibility index (Phi) is 4.10. The quantitative estimate of drug-likeness (QED) is 0.839. The van der Waals surface area contributed by atoms with E-state index in [-0.39, 0.29) is 6.29 Å². The molecule has 0 saturated carbocycles. The highest BCUT2D eigenvalue weighted by Crippen LogP contribution is 2.26. The van der Waals surface area contributed by atoms with E-state index in [2.05, 4.69) is 29.6 Å². The van der Waals surface area contributed by atoms with Gasteiger partial charge >= 0.3 is 0 Å². The van der Waals surface area contributed by atoms with E-state index in [1.165, 1.54) is 0 Å². The van der Waals surface area contributed by atoms with Gasteiger partial charge < -0.3 is 14.8 Å². The minimum absolute atomic E-state index is 0.199. The van der Waals surface area contributed by atoms with E-state index in [0.717, 1.165) is 17.7 Å². The van der Waals surface area contributed by atoms with Crippen LogP contribution in [0.5, 0.6) is 0 Å². The predicted octanol–water partition coefficient (Wildman–Crippen LogP) is 1.96. The molecule has 0 spiro atoms. The zero-order valence-corrected chi connectivity index (χ0v) is 9.48. The minimum atomic E-state index is -0.199. The van der Waals surface area contributed by atoms with Crippen molar-refractivity contribution in [2.45, 2.75) is 6.29 Å². The Hall–Kier alpha value is -1.16. The number of hydrogen-bond donors (Lipinski definition) is 1. The summed E-state index contributed by atoms with van der Waals surface area (Å²) in [5.74, 6) is 0. The second-order valence-corrected chi connectivity index (χ2v) is 3.66.